The number of furan rings is 1. The number of rotatable bonds is 4. The highest BCUT2D eigenvalue weighted by Crippen LogP contribution is 2.22. The maximum Gasteiger partial charge on any atom is 0.220 e. The number of carbonyl (C=O) groups excluding carboxylic acids is 2. The third-order valence-corrected chi connectivity index (χ3v) is 4.14. The number of hydrogen-bond acceptors (Lipinski definition) is 4. The van der Waals surface area contributed by atoms with Crippen molar-refractivity contribution in [2.24, 2.45) is 11.7 Å². The summed E-state index contributed by atoms with van der Waals surface area (Å²) < 4.78 is 5.41. The van der Waals surface area contributed by atoms with Crippen LogP contribution in [0.4, 0.5) is 0 Å². The van der Waals surface area contributed by atoms with E-state index in [1.807, 2.05) is 24.3 Å². The Morgan fingerprint density at radius 3 is 2.67 bits per heavy atom. The molecule has 110 valence electrons. The van der Waals surface area contributed by atoms with E-state index in [1.165, 1.54) is 6.26 Å². The molecule has 0 atom stereocenters. The first-order valence-electron chi connectivity index (χ1n) is 7.16. The van der Waals surface area contributed by atoms with Crippen molar-refractivity contribution < 1.29 is 14.0 Å². The number of nitrogens with two attached hydrogens (primary N) is 1. The number of piperidine rings is 1. The van der Waals surface area contributed by atoms with Crippen molar-refractivity contribution >= 4 is 22.7 Å². The van der Waals surface area contributed by atoms with Crippen molar-refractivity contribution in [1.82, 2.24) is 4.90 Å². The van der Waals surface area contributed by atoms with E-state index >= 15 is 0 Å². The molecule has 1 aromatic heterocycles. The van der Waals surface area contributed by atoms with Gasteiger partial charge in [0.15, 0.2) is 5.78 Å². The summed E-state index contributed by atoms with van der Waals surface area (Å²) in [6.45, 7) is 1.82. The van der Waals surface area contributed by atoms with E-state index in [-0.39, 0.29) is 17.6 Å². The second-order valence-electron chi connectivity index (χ2n) is 5.52. The van der Waals surface area contributed by atoms with Gasteiger partial charge in [-0.3, -0.25) is 14.5 Å². The highest BCUT2D eigenvalue weighted by Gasteiger charge is 2.25. The molecule has 5 nitrogen and oxygen atoms in total. The van der Waals surface area contributed by atoms with Crippen LogP contribution in [0.2, 0.25) is 0 Å². The van der Waals surface area contributed by atoms with E-state index in [4.69, 9.17) is 10.2 Å². The van der Waals surface area contributed by atoms with E-state index in [0.29, 0.717) is 12.1 Å². The molecule has 1 aromatic carbocycles. The minimum Gasteiger partial charge on any atom is -0.464 e. The van der Waals surface area contributed by atoms with Crippen molar-refractivity contribution in [2.75, 3.05) is 19.6 Å². The highest BCUT2D eigenvalue weighted by atomic mass is 16.3. The normalized spacial score (nSPS) is 17.1. The average molecular weight is 286 g/mol. The Labute approximate surface area is 122 Å². The lowest BCUT2D eigenvalue weighted by molar-refractivity contribution is -0.123. The van der Waals surface area contributed by atoms with Gasteiger partial charge >= 0.3 is 0 Å². The van der Waals surface area contributed by atoms with Gasteiger partial charge in [-0.1, -0.05) is 18.2 Å². The molecule has 1 aliphatic rings. The van der Waals surface area contributed by atoms with Crippen molar-refractivity contribution in [3.8, 4) is 0 Å². The van der Waals surface area contributed by atoms with Gasteiger partial charge in [0.2, 0.25) is 5.91 Å². The summed E-state index contributed by atoms with van der Waals surface area (Å²) in [5.41, 5.74) is 6.67. The van der Waals surface area contributed by atoms with E-state index in [1.54, 1.807) is 0 Å². The van der Waals surface area contributed by atoms with Crippen molar-refractivity contribution in [3.05, 3.63) is 36.1 Å². The number of likely N-dealkylation sites (tertiary alicyclic amines) is 1. The molecular weight excluding hydrogens is 268 g/mol. The Kier molecular flexibility index (Phi) is 3.75. The molecule has 2 heterocycles. The van der Waals surface area contributed by atoms with E-state index in [2.05, 4.69) is 4.90 Å². The highest BCUT2D eigenvalue weighted by molar-refractivity contribution is 6.08. The fraction of sp³-hybridized carbons (Fsp3) is 0.375. The van der Waals surface area contributed by atoms with E-state index in [9.17, 15) is 9.59 Å². The van der Waals surface area contributed by atoms with Crippen LogP contribution in [0.1, 0.15) is 23.2 Å². The second-order valence-corrected chi connectivity index (χ2v) is 5.52. The van der Waals surface area contributed by atoms with Crippen LogP contribution in [0.5, 0.6) is 0 Å². The molecule has 3 rings (SSSR count). The molecular formula is C16H18N2O3. The van der Waals surface area contributed by atoms with Crippen LogP contribution in [0.25, 0.3) is 11.0 Å². The standard InChI is InChI=1S/C16H18N2O3/c17-16(20)11-5-7-18(8-6-11)9-14(19)13-10-21-15-4-2-1-3-12(13)15/h1-4,10-11H,5-9H2,(H2,17,20). The molecule has 1 aliphatic heterocycles. The smallest absolute Gasteiger partial charge is 0.220 e. The number of carbonyl (C=O) groups is 2. The van der Waals surface area contributed by atoms with E-state index < -0.39 is 0 Å². The van der Waals surface area contributed by atoms with Crippen LogP contribution in [0.3, 0.4) is 0 Å². The summed E-state index contributed by atoms with van der Waals surface area (Å²) in [5.74, 6) is -0.231. The zero-order valence-electron chi connectivity index (χ0n) is 11.7. The van der Waals surface area contributed by atoms with Gasteiger partial charge in [-0.2, -0.15) is 0 Å². The summed E-state index contributed by atoms with van der Waals surface area (Å²) in [6, 6.07) is 7.53. The fourth-order valence-electron chi connectivity index (χ4n) is 2.86. The van der Waals surface area contributed by atoms with Gasteiger partial charge in [0.25, 0.3) is 0 Å². The number of ketones is 1. The number of nitrogens with zero attached hydrogens (tertiary/aromatic N) is 1. The lowest BCUT2D eigenvalue weighted by Crippen LogP contribution is -2.40. The minimum absolute atomic E-state index is 0.0499. The zero-order chi connectivity index (χ0) is 14.8. The molecule has 0 saturated carbocycles. The molecule has 2 aromatic rings. The predicted molar refractivity (Wildman–Crippen MR) is 78.9 cm³/mol. The van der Waals surface area contributed by atoms with Gasteiger partial charge in [0.1, 0.15) is 11.8 Å². The number of benzene rings is 1. The lowest BCUT2D eigenvalue weighted by atomic mass is 9.96. The fourth-order valence-corrected chi connectivity index (χ4v) is 2.86. The van der Waals surface area contributed by atoms with Crippen LogP contribution >= 0.6 is 0 Å². The molecule has 1 saturated heterocycles. The summed E-state index contributed by atoms with van der Waals surface area (Å²) in [7, 11) is 0. The third kappa shape index (κ3) is 2.83. The summed E-state index contributed by atoms with van der Waals surface area (Å²) in [5, 5.41) is 0.856. The van der Waals surface area contributed by atoms with Gasteiger partial charge in [-0.15, -0.1) is 0 Å². The van der Waals surface area contributed by atoms with Crippen LogP contribution < -0.4 is 5.73 Å². The summed E-state index contributed by atoms with van der Waals surface area (Å²) in [4.78, 5) is 25.6. The number of Topliss-reactive ketones (excluding diaryl/α,β-unsaturated/α-hetero) is 1. The zero-order valence-corrected chi connectivity index (χ0v) is 11.7. The topological polar surface area (TPSA) is 76.5 Å². The van der Waals surface area contributed by atoms with Crippen LogP contribution in [-0.4, -0.2) is 36.2 Å². The Morgan fingerprint density at radius 1 is 1.24 bits per heavy atom. The van der Waals surface area contributed by atoms with Crippen molar-refractivity contribution in [2.45, 2.75) is 12.8 Å². The molecule has 5 heteroatoms. The van der Waals surface area contributed by atoms with Crippen LogP contribution in [-0.2, 0) is 4.79 Å². The van der Waals surface area contributed by atoms with E-state index in [0.717, 1.165) is 36.9 Å². The maximum atomic E-state index is 12.4. The number of para-hydroxylation sites is 1. The first-order chi connectivity index (χ1) is 10.1. The van der Waals surface area contributed by atoms with Crippen molar-refractivity contribution in [3.63, 3.8) is 0 Å². The molecule has 1 amide bonds. The van der Waals surface area contributed by atoms with Gasteiger partial charge in [0.05, 0.1) is 12.1 Å². The lowest BCUT2D eigenvalue weighted by Gasteiger charge is -2.29. The van der Waals surface area contributed by atoms with Gasteiger partial charge < -0.3 is 10.2 Å². The molecule has 21 heavy (non-hydrogen) atoms. The minimum atomic E-state index is -0.234. The molecule has 0 radical (unpaired) electrons. The largest absolute Gasteiger partial charge is 0.464 e. The Bertz CT molecular complexity index is 669. The number of primary amides is 1. The molecule has 0 unspecified atom stereocenters. The molecule has 0 bridgehead atoms. The van der Waals surface area contributed by atoms with Gasteiger partial charge in [0, 0.05) is 11.3 Å². The van der Waals surface area contributed by atoms with Crippen molar-refractivity contribution in [1.29, 1.82) is 0 Å². The summed E-state index contributed by atoms with van der Waals surface area (Å²) in [6.07, 6.45) is 2.99. The number of amides is 1. The molecule has 0 spiro atoms. The third-order valence-electron chi connectivity index (χ3n) is 4.14. The van der Waals surface area contributed by atoms with Crippen LogP contribution in [0, 0.1) is 5.92 Å². The van der Waals surface area contributed by atoms with Gasteiger partial charge in [-0.05, 0) is 32.0 Å². The Morgan fingerprint density at radius 2 is 1.95 bits per heavy atom. The molecule has 0 aliphatic carbocycles. The Hall–Kier alpha value is -2.14. The predicted octanol–water partition coefficient (Wildman–Crippen LogP) is 1.81. The first-order valence-corrected chi connectivity index (χ1v) is 7.16. The number of hydrogen-bond donors (Lipinski definition) is 1. The summed E-state index contributed by atoms with van der Waals surface area (Å²) >= 11 is 0. The monoisotopic (exact) mass is 286 g/mol. The first kappa shape index (κ1) is 13.8. The molecule has 1 fully saturated rings. The average Bonchev–Trinajstić information content (AvgIpc) is 2.92. The SMILES string of the molecule is NC(=O)C1CCN(CC(=O)c2coc3ccccc23)CC1. The quantitative estimate of drug-likeness (QED) is 0.870. The second kappa shape index (κ2) is 5.69. The maximum absolute atomic E-state index is 12.4. The Balaban J connectivity index is 1.66. The van der Waals surface area contributed by atoms with Gasteiger partial charge in [-0.25, -0.2) is 0 Å². The van der Waals surface area contributed by atoms with Crippen LogP contribution in [0.15, 0.2) is 34.9 Å². The molecule has 2 N–H and O–H groups in total. The number of fused-ring (bicyclic) bond motifs is 1.